The van der Waals surface area contributed by atoms with Gasteiger partial charge < -0.3 is 10.1 Å². The zero-order valence-corrected chi connectivity index (χ0v) is 15.3. The second-order valence-electron chi connectivity index (χ2n) is 7.17. The molecule has 2 aromatic heterocycles. The first kappa shape index (κ1) is 15.5. The van der Waals surface area contributed by atoms with E-state index in [9.17, 15) is 0 Å². The van der Waals surface area contributed by atoms with Gasteiger partial charge in [0.2, 0.25) is 0 Å². The van der Waals surface area contributed by atoms with E-state index in [1.54, 1.807) is 0 Å². The molecule has 2 aliphatic heterocycles. The summed E-state index contributed by atoms with van der Waals surface area (Å²) in [6.07, 6.45) is 3.21. The lowest BCUT2D eigenvalue weighted by Gasteiger charge is -2.40. The predicted molar refractivity (Wildman–Crippen MR) is 103 cm³/mol. The monoisotopic (exact) mass is 350 g/mol. The van der Waals surface area contributed by atoms with Crippen molar-refractivity contribution in [3.05, 3.63) is 52.5 Å². The van der Waals surface area contributed by atoms with Crippen LogP contribution in [0.3, 0.4) is 0 Å². The third-order valence-electron chi connectivity index (χ3n) is 5.50. The SMILES string of the molecule is Cc1ccc2cc(-c3cc4c(s3)C3(CCNCC3)OCC4)ccc2n1. The lowest BCUT2D eigenvalue weighted by atomic mass is 9.86. The van der Waals surface area contributed by atoms with Gasteiger partial charge in [-0.15, -0.1) is 11.3 Å². The third kappa shape index (κ3) is 2.60. The lowest BCUT2D eigenvalue weighted by molar-refractivity contribution is -0.0771. The molecule has 1 N–H and O–H groups in total. The van der Waals surface area contributed by atoms with Crippen LogP contribution in [0.5, 0.6) is 0 Å². The molecule has 25 heavy (non-hydrogen) atoms. The Morgan fingerprint density at radius 2 is 2.00 bits per heavy atom. The summed E-state index contributed by atoms with van der Waals surface area (Å²) < 4.78 is 6.33. The summed E-state index contributed by atoms with van der Waals surface area (Å²) in [7, 11) is 0. The van der Waals surface area contributed by atoms with Gasteiger partial charge in [-0.3, -0.25) is 4.98 Å². The lowest BCUT2D eigenvalue weighted by Crippen LogP contribution is -2.43. The van der Waals surface area contributed by atoms with E-state index in [-0.39, 0.29) is 5.60 Å². The molecule has 0 saturated carbocycles. The van der Waals surface area contributed by atoms with E-state index in [4.69, 9.17) is 4.74 Å². The highest BCUT2D eigenvalue weighted by Crippen LogP contribution is 2.46. The second kappa shape index (κ2) is 5.90. The van der Waals surface area contributed by atoms with Gasteiger partial charge in [-0.2, -0.15) is 0 Å². The minimum Gasteiger partial charge on any atom is -0.369 e. The summed E-state index contributed by atoms with van der Waals surface area (Å²) in [5.74, 6) is 0. The highest BCUT2D eigenvalue weighted by atomic mass is 32.1. The fourth-order valence-electron chi connectivity index (χ4n) is 4.15. The molecule has 4 heteroatoms. The maximum Gasteiger partial charge on any atom is 0.105 e. The zero-order valence-electron chi connectivity index (χ0n) is 14.5. The molecule has 128 valence electrons. The van der Waals surface area contributed by atoms with Crippen LogP contribution >= 0.6 is 11.3 Å². The summed E-state index contributed by atoms with van der Waals surface area (Å²) in [6, 6.07) is 13.3. The van der Waals surface area contributed by atoms with E-state index in [0.717, 1.165) is 50.2 Å². The van der Waals surface area contributed by atoms with Crippen molar-refractivity contribution >= 4 is 22.2 Å². The smallest absolute Gasteiger partial charge is 0.105 e. The van der Waals surface area contributed by atoms with Gasteiger partial charge in [-0.1, -0.05) is 12.1 Å². The van der Waals surface area contributed by atoms with Crippen LogP contribution in [0.4, 0.5) is 0 Å². The second-order valence-corrected chi connectivity index (χ2v) is 8.22. The number of aryl methyl sites for hydroxylation is 1. The van der Waals surface area contributed by atoms with E-state index in [0.29, 0.717) is 0 Å². The summed E-state index contributed by atoms with van der Waals surface area (Å²) in [4.78, 5) is 7.45. The van der Waals surface area contributed by atoms with Gasteiger partial charge in [-0.25, -0.2) is 0 Å². The van der Waals surface area contributed by atoms with Gasteiger partial charge in [0.15, 0.2) is 0 Å². The number of ether oxygens (including phenoxy) is 1. The normalized spacial score (nSPS) is 19.2. The molecule has 3 nitrogen and oxygen atoms in total. The average Bonchev–Trinajstić information content (AvgIpc) is 3.08. The molecule has 2 aliphatic rings. The average molecular weight is 350 g/mol. The number of aromatic nitrogens is 1. The fourth-order valence-corrected chi connectivity index (χ4v) is 5.55. The summed E-state index contributed by atoms with van der Waals surface area (Å²) in [5.41, 5.74) is 4.88. The van der Waals surface area contributed by atoms with E-state index in [2.05, 4.69) is 46.7 Å². The van der Waals surface area contributed by atoms with Gasteiger partial charge >= 0.3 is 0 Å². The first-order valence-corrected chi connectivity index (χ1v) is 9.91. The maximum absolute atomic E-state index is 6.33. The van der Waals surface area contributed by atoms with Crippen LogP contribution in [0, 0.1) is 6.92 Å². The highest BCUT2D eigenvalue weighted by molar-refractivity contribution is 7.15. The van der Waals surface area contributed by atoms with Gasteiger partial charge in [0.25, 0.3) is 0 Å². The van der Waals surface area contributed by atoms with E-state index < -0.39 is 0 Å². The van der Waals surface area contributed by atoms with Gasteiger partial charge in [0.05, 0.1) is 12.1 Å². The fraction of sp³-hybridized carbons (Fsp3) is 0.381. The number of benzene rings is 1. The topological polar surface area (TPSA) is 34.1 Å². The number of nitrogens with zero attached hydrogens (tertiary/aromatic N) is 1. The van der Waals surface area contributed by atoms with Crippen LogP contribution < -0.4 is 5.32 Å². The first-order chi connectivity index (χ1) is 12.2. The van der Waals surface area contributed by atoms with E-state index >= 15 is 0 Å². The molecule has 1 fully saturated rings. The Hall–Kier alpha value is -1.75. The molecule has 5 rings (SSSR count). The van der Waals surface area contributed by atoms with Crippen LogP contribution in [0.2, 0.25) is 0 Å². The molecule has 0 atom stereocenters. The van der Waals surface area contributed by atoms with Crippen molar-refractivity contribution in [2.24, 2.45) is 0 Å². The largest absolute Gasteiger partial charge is 0.369 e. The summed E-state index contributed by atoms with van der Waals surface area (Å²) in [5, 5.41) is 4.68. The molecular formula is C21H22N2OS. The Kier molecular flexibility index (Phi) is 3.66. The number of pyridine rings is 1. The number of piperidine rings is 1. The maximum atomic E-state index is 6.33. The molecule has 4 heterocycles. The number of hydrogen-bond acceptors (Lipinski definition) is 4. The number of hydrogen-bond donors (Lipinski definition) is 1. The zero-order chi connectivity index (χ0) is 16.9. The molecule has 3 aromatic rings. The molecule has 0 radical (unpaired) electrons. The Labute approximate surface area is 152 Å². The van der Waals surface area contributed by atoms with Gasteiger partial charge in [-0.05, 0) is 74.7 Å². The van der Waals surface area contributed by atoms with Crippen LogP contribution in [0.1, 0.15) is 29.0 Å². The van der Waals surface area contributed by atoms with Crippen molar-refractivity contribution in [3.63, 3.8) is 0 Å². The Morgan fingerprint density at radius 3 is 2.88 bits per heavy atom. The van der Waals surface area contributed by atoms with E-state index in [1.165, 1.54) is 26.3 Å². The molecule has 1 saturated heterocycles. The van der Waals surface area contributed by atoms with Gasteiger partial charge in [0.1, 0.15) is 5.60 Å². The van der Waals surface area contributed by atoms with Crippen molar-refractivity contribution in [2.75, 3.05) is 19.7 Å². The minimum absolute atomic E-state index is 0.0444. The Bertz CT molecular complexity index is 940. The molecular weight excluding hydrogens is 328 g/mol. The Balaban J connectivity index is 1.58. The molecule has 0 bridgehead atoms. The number of thiophene rings is 1. The molecule has 1 aromatic carbocycles. The number of nitrogens with one attached hydrogen (secondary N) is 1. The van der Waals surface area contributed by atoms with Crippen molar-refractivity contribution in [2.45, 2.75) is 31.8 Å². The van der Waals surface area contributed by atoms with Crippen molar-refractivity contribution in [1.82, 2.24) is 10.3 Å². The summed E-state index contributed by atoms with van der Waals surface area (Å²) in [6.45, 7) is 4.99. The first-order valence-electron chi connectivity index (χ1n) is 9.09. The minimum atomic E-state index is -0.0444. The quantitative estimate of drug-likeness (QED) is 0.705. The predicted octanol–water partition coefficient (Wildman–Crippen LogP) is 4.42. The molecule has 0 unspecified atom stereocenters. The number of fused-ring (bicyclic) bond motifs is 3. The van der Waals surface area contributed by atoms with Crippen LogP contribution in [0.15, 0.2) is 36.4 Å². The van der Waals surface area contributed by atoms with Gasteiger partial charge in [0, 0.05) is 20.8 Å². The Morgan fingerprint density at radius 1 is 1.12 bits per heavy atom. The molecule has 0 amide bonds. The number of rotatable bonds is 1. The van der Waals surface area contributed by atoms with Crippen LogP contribution in [-0.4, -0.2) is 24.7 Å². The van der Waals surface area contributed by atoms with Crippen molar-refractivity contribution in [1.29, 1.82) is 0 Å². The third-order valence-corrected chi connectivity index (χ3v) is 6.91. The van der Waals surface area contributed by atoms with E-state index in [1.807, 2.05) is 18.3 Å². The molecule has 0 aliphatic carbocycles. The van der Waals surface area contributed by atoms with Crippen molar-refractivity contribution < 1.29 is 4.74 Å². The summed E-state index contributed by atoms with van der Waals surface area (Å²) >= 11 is 1.93. The van der Waals surface area contributed by atoms with Crippen LogP contribution in [0.25, 0.3) is 21.3 Å². The van der Waals surface area contributed by atoms with Crippen LogP contribution in [-0.2, 0) is 16.8 Å². The van der Waals surface area contributed by atoms with Crippen molar-refractivity contribution in [3.8, 4) is 10.4 Å². The molecule has 1 spiro atoms. The standard InChI is InChI=1S/C21H22N2OS/c1-14-2-3-15-12-16(4-5-18(15)23-14)19-13-17-6-11-24-21(20(17)25-19)7-9-22-10-8-21/h2-5,12-13,22H,6-11H2,1H3. The highest BCUT2D eigenvalue weighted by Gasteiger charge is 2.40.